The SMILES string of the molecule is COCCNCC(C)CCc1ncnn1C(C)C. The Balaban J connectivity index is 2.25. The van der Waals surface area contributed by atoms with Gasteiger partial charge in [-0.25, -0.2) is 9.67 Å². The van der Waals surface area contributed by atoms with Crippen molar-refractivity contribution in [2.75, 3.05) is 26.8 Å². The molecule has 0 amide bonds. The van der Waals surface area contributed by atoms with E-state index < -0.39 is 0 Å². The smallest absolute Gasteiger partial charge is 0.138 e. The molecule has 0 saturated heterocycles. The van der Waals surface area contributed by atoms with Crippen LogP contribution in [0.25, 0.3) is 0 Å². The van der Waals surface area contributed by atoms with Crippen LogP contribution in [0, 0.1) is 5.92 Å². The highest BCUT2D eigenvalue weighted by Crippen LogP contribution is 2.10. The second-order valence-electron chi connectivity index (χ2n) is 5.06. The number of rotatable bonds is 9. The van der Waals surface area contributed by atoms with Crippen molar-refractivity contribution in [1.29, 1.82) is 0 Å². The summed E-state index contributed by atoms with van der Waals surface area (Å²) in [6.45, 7) is 9.24. The van der Waals surface area contributed by atoms with Gasteiger partial charge in [-0.15, -0.1) is 0 Å². The lowest BCUT2D eigenvalue weighted by Crippen LogP contribution is -2.25. The van der Waals surface area contributed by atoms with E-state index in [0.717, 1.165) is 38.4 Å². The number of aromatic nitrogens is 3. The van der Waals surface area contributed by atoms with E-state index in [-0.39, 0.29) is 0 Å². The van der Waals surface area contributed by atoms with Crippen molar-refractivity contribution in [2.24, 2.45) is 5.92 Å². The normalized spacial score (nSPS) is 13.2. The van der Waals surface area contributed by atoms with Gasteiger partial charge < -0.3 is 10.1 Å². The van der Waals surface area contributed by atoms with Gasteiger partial charge >= 0.3 is 0 Å². The molecule has 5 nitrogen and oxygen atoms in total. The predicted octanol–water partition coefficient (Wildman–Crippen LogP) is 1.66. The fourth-order valence-corrected chi connectivity index (χ4v) is 1.88. The van der Waals surface area contributed by atoms with E-state index in [1.54, 1.807) is 13.4 Å². The predicted molar refractivity (Wildman–Crippen MR) is 72.6 cm³/mol. The highest BCUT2D eigenvalue weighted by atomic mass is 16.5. The maximum absolute atomic E-state index is 5.00. The lowest BCUT2D eigenvalue weighted by atomic mass is 10.1. The molecule has 5 heteroatoms. The van der Waals surface area contributed by atoms with Gasteiger partial charge in [0, 0.05) is 26.1 Å². The zero-order valence-electron chi connectivity index (χ0n) is 12.0. The molecule has 0 saturated carbocycles. The van der Waals surface area contributed by atoms with Crippen molar-refractivity contribution < 1.29 is 4.74 Å². The van der Waals surface area contributed by atoms with Crippen LogP contribution in [0.15, 0.2) is 6.33 Å². The molecule has 1 aromatic heterocycles. The first-order valence-corrected chi connectivity index (χ1v) is 6.73. The minimum Gasteiger partial charge on any atom is -0.383 e. The molecule has 1 unspecified atom stereocenters. The standard InChI is InChI=1S/C13H26N4O/c1-11(2)17-13(15-10-16-17)6-5-12(3)9-14-7-8-18-4/h10-12,14H,5-9H2,1-4H3. The minimum absolute atomic E-state index is 0.387. The van der Waals surface area contributed by atoms with Crippen LogP contribution in [0.2, 0.25) is 0 Å². The molecule has 0 aliphatic carbocycles. The van der Waals surface area contributed by atoms with Crippen LogP contribution in [-0.4, -0.2) is 41.6 Å². The molecule has 1 rings (SSSR count). The van der Waals surface area contributed by atoms with E-state index in [1.807, 2.05) is 4.68 Å². The molecule has 0 aromatic carbocycles. The minimum atomic E-state index is 0.387. The molecular formula is C13H26N4O. The van der Waals surface area contributed by atoms with Gasteiger partial charge in [0.25, 0.3) is 0 Å². The Bertz CT molecular complexity index is 325. The average molecular weight is 254 g/mol. The summed E-state index contributed by atoms with van der Waals surface area (Å²) in [5.41, 5.74) is 0. The summed E-state index contributed by atoms with van der Waals surface area (Å²) in [6, 6.07) is 0.387. The van der Waals surface area contributed by atoms with E-state index in [0.29, 0.717) is 12.0 Å². The average Bonchev–Trinajstić information content (AvgIpc) is 2.80. The van der Waals surface area contributed by atoms with Crippen LogP contribution in [0.5, 0.6) is 0 Å². The van der Waals surface area contributed by atoms with Gasteiger partial charge in [0.05, 0.1) is 6.61 Å². The van der Waals surface area contributed by atoms with E-state index in [2.05, 4.69) is 36.2 Å². The summed E-state index contributed by atoms with van der Waals surface area (Å²) in [5.74, 6) is 1.73. The summed E-state index contributed by atoms with van der Waals surface area (Å²) < 4.78 is 7.01. The molecule has 0 aliphatic rings. The molecule has 0 spiro atoms. The van der Waals surface area contributed by atoms with Crippen molar-refractivity contribution in [2.45, 2.75) is 39.7 Å². The zero-order valence-corrected chi connectivity index (χ0v) is 12.0. The van der Waals surface area contributed by atoms with Crippen molar-refractivity contribution in [3.05, 3.63) is 12.2 Å². The van der Waals surface area contributed by atoms with Gasteiger partial charge in [-0.3, -0.25) is 0 Å². The summed E-state index contributed by atoms with van der Waals surface area (Å²) in [4.78, 5) is 4.33. The molecule has 0 bridgehead atoms. The number of nitrogens with one attached hydrogen (secondary N) is 1. The van der Waals surface area contributed by atoms with Crippen LogP contribution in [0.4, 0.5) is 0 Å². The Labute approximate surface area is 110 Å². The maximum Gasteiger partial charge on any atom is 0.138 e. The van der Waals surface area contributed by atoms with Gasteiger partial charge in [-0.1, -0.05) is 6.92 Å². The van der Waals surface area contributed by atoms with Crippen LogP contribution in [0.1, 0.15) is 39.1 Å². The Morgan fingerprint density at radius 2 is 2.17 bits per heavy atom. The number of hydrogen-bond donors (Lipinski definition) is 1. The van der Waals surface area contributed by atoms with Crippen LogP contribution in [0.3, 0.4) is 0 Å². The van der Waals surface area contributed by atoms with Crippen molar-refractivity contribution in [3.8, 4) is 0 Å². The first kappa shape index (κ1) is 15.1. The second-order valence-corrected chi connectivity index (χ2v) is 5.06. The monoisotopic (exact) mass is 254 g/mol. The number of methoxy groups -OCH3 is 1. The molecule has 18 heavy (non-hydrogen) atoms. The third-order valence-corrected chi connectivity index (χ3v) is 2.97. The molecule has 1 atom stereocenters. The Hall–Kier alpha value is -0.940. The molecular weight excluding hydrogens is 228 g/mol. The van der Waals surface area contributed by atoms with E-state index in [1.165, 1.54) is 0 Å². The summed E-state index contributed by atoms with van der Waals surface area (Å²) in [7, 11) is 1.73. The highest BCUT2D eigenvalue weighted by molar-refractivity contribution is 4.87. The van der Waals surface area contributed by atoms with Gasteiger partial charge in [0.15, 0.2) is 0 Å². The number of hydrogen-bond acceptors (Lipinski definition) is 4. The largest absolute Gasteiger partial charge is 0.383 e. The van der Waals surface area contributed by atoms with Gasteiger partial charge in [0.2, 0.25) is 0 Å². The zero-order chi connectivity index (χ0) is 13.4. The quantitative estimate of drug-likeness (QED) is 0.681. The van der Waals surface area contributed by atoms with Crippen LogP contribution >= 0.6 is 0 Å². The molecule has 1 aromatic rings. The van der Waals surface area contributed by atoms with Gasteiger partial charge in [-0.2, -0.15) is 5.10 Å². The van der Waals surface area contributed by atoms with E-state index in [9.17, 15) is 0 Å². The lowest BCUT2D eigenvalue weighted by Gasteiger charge is -2.13. The van der Waals surface area contributed by atoms with Gasteiger partial charge in [-0.05, 0) is 32.7 Å². The molecule has 104 valence electrons. The highest BCUT2D eigenvalue weighted by Gasteiger charge is 2.09. The third-order valence-electron chi connectivity index (χ3n) is 2.97. The maximum atomic E-state index is 5.00. The fourth-order valence-electron chi connectivity index (χ4n) is 1.88. The molecule has 0 radical (unpaired) electrons. The Morgan fingerprint density at radius 1 is 1.39 bits per heavy atom. The summed E-state index contributed by atoms with van der Waals surface area (Å²) >= 11 is 0. The number of aryl methyl sites for hydroxylation is 1. The summed E-state index contributed by atoms with van der Waals surface area (Å²) in [6.07, 6.45) is 3.77. The molecule has 1 N–H and O–H groups in total. The number of ether oxygens (including phenoxy) is 1. The Kier molecular flexibility index (Phi) is 6.90. The topological polar surface area (TPSA) is 52.0 Å². The molecule has 0 fully saturated rings. The van der Waals surface area contributed by atoms with Crippen molar-refractivity contribution in [3.63, 3.8) is 0 Å². The lowest BCUT2D eigenvalue weighted by molar-refractivity contribution is 0.198. The number of nitrogens with zero attached hydrogens (tertiary/aromatic N) is 3. The van der Waals surface area contributed by atoms with E-state index in [4.69, 9.17) is 4.74 Å². The van der Waals surface area contributed by atoms with E-state index >= 15 is 0 Å². The first-order chi connectivity index (χ1) is 8.65. The molecule has 0 aliphatic heterocycles. The first-order valence-electron chi connectivity index (χ1n) is 6.73. The van der Waals surface area contributed by atoms with Crippen LogP contribution < -0.4 is 5.32 Å². The van der Waals surface area contributed by atoms with Crippen molar-refractivity contribution in [1.82, 2.24) is 20.1 Å². The Morgan fingerprint density at radius 3 is 2.83 bits per heavy atom. The molecule has 1 heterocycles. The fraction of sp³-hybridized carbons (Fsp3) is 0.846. The van der Waals surface area contributed by atoms with Crippen LogP contribution in [-0.2, 0) is 11.2 Å². The summed E-state index contributed by atoms with van der Waals surface area (Å²) in [5, 5.41) is 7.64. The second kappa shape index (κ2) is 8.21. The van der Waals surface area contributed by atoms with Crippen molar-refractivity contribution >= 4 is 0 Å². The van der Waals surface area contributed by atoms with Gasteiger partial charge in [0.1, 0.15) is 12.2 Å². The third kappa shape index (κ3) is 5.14.